The van der Waals surface area contributed by atoms with E-state index in [4.69, 9.17) is 5.73 Å². The molecule has 0 spiro atoms. The number of carbonyl (C=O) groups excluding carboxylic acids is 1. The van der Waals surface area contributed by atoms with Gasteiger partial charge in [-0.15, -0.1) is 0 Å². The number of amides is 1. The largest absolute Gasteiger partial charge is 0.398 e. The molecule has 0 radical (unpaired) electrons. The summed E-state index contributed by atoms with van der Waals surface area (Å²) in [6.45, 7) is 0. The smallest absolute Gasteiger partial charge is 0.257 e. The zero-order chi connectivity index (χ0) is 14.7. The van der Waals surface area contributed by atoms with Crippen molar-refractivity contribution in [1.29, 1.82) is 0 Å². The van der Waals surface area contributed by atoms with Crippen molar-refractivity contribution < 1.29 is 4.79 Å². The normalized spacial score (nSPS) is 10.2. The molecule has 0 aliphatic rings. The van der Waals surface area contributed by atoms with Crippen LogP contribution in [0.25, 0.3) is 0 Å². The van der Waals surface area contributed by atoms with E-state index in [1.807, 2.05) is 25.1 Å². The average molecular weight is 335 g/mol. The van der Waals surface area contributed by atoms with Crippen molar-refractivity contribution in [2.45, 2.75) is 0 Å². The Labute approximate surface area is 125 Å². The fourth-order valence-corrected chi connectivity index (χ4v) is 2.18. The van der Waals surface area contributed by atoms with Gasteiger partial charge in [-0.2, -0.15) is 0 Å². The Kier molecular flexibility index (Phi) is 4.24. The summed E-state index contributed by atoms with van der Waals surface area (Å²) in [5.41, 5.74) is 8.23. The molecule has 0 bridgehead atoms. The van der Waals surface area contributed by atoms with E-state index in [0.717, 1.165) is 10.2 Å². The van der Waals surface area contributed by atoms with Crippen LogP contribution in [0.4, 0.5) is 17.1 Å². The molecule has 1 aromatic heterocycles. The van der Waals surface area contributed by atoms with Crippen molar-refractivity contribution in [3.63, 3.8) is 0 Å². The Bertz CT molecular complexity index is 643. The van der Waals surface area contributed by atoms with Crippen LogP contribution in [0, 0.1) is 0 Å². The molecule has 1 aromatic carbocycles. The highest BCUT2D eigenvalue weighted by molar-refractivity contribution is 9.10. The van der Waals surface area contributed by atoms with E-state index >= 15 is 0 Å². The zero-order valence-corrected chi connectivity index (χ0v) is 12.8. The molecule has 1 heterocycles. The highest BCUT2D eigenvalue weighted by Crippen LogP contribution is 2.24. The molecule has 0 atom stereocenters. The van der Waals surface area contributed by atoms with E-state index in [0.29, 0.717) is 16.9 Å². The van der Waals surface area contributed by atoms with Gasteiger partial charge in [-0.1, -0.05) is 15.9 Å². The molecule has 2 rings (SSSR count). The molecular weight excluding hydrogens is 320 g/mol. The van der Waals surface area contributed by atoms with Gasteiger partial charge in [0, 0.05) is 30.5 Å². The average Bonchev–Trinajstić information content (AvgIpc) is 2.38. The molecule has 3 N–H and O–H groups in total. The number of nitrogens with two attached hydrogens (primary N) is 1. The minimum Gasteiger partial charge on any atom is -0.398 e. The van der Waals surface area contributed by atoms with Crippen molar-refractivity contribution in [3.8, 4) is 0 Å². The van der Waals surface area contributed by atoms with Crippen molar-refractivity contribution >= 4 is 38.9 Å². The zero-order valence-electron chi connectivity index (χ0n) is 11.2. The fraction of sp³-hybridized carbons (Fsp3) is 0.143. The molecule has 20 heavy (non-hydrogen) atoms. The van der Waals surface area contributed by atoms with Crippen LogP contribution < -0.4 is 16.0 Å². The number of carbonyl (C=O) groups is 1. The second-order valence-electron chi connectivity index (χ2n) is 4.47. The van der Waals surface area contributed by atoms with Crippen LogP contribution in [0.15, 0.2) is 41.1 Å². The minimum atomic E-state index is -0.258. The summed E-state index contributed by atoms with van der Waals surface area (Å²) in [6.07, 6.45) is 3.29. The van der Waals surface area contributed by atoms with Crippen LogP contribution in [-0.2, 0) is 0 Å². The second-order valence-corrected chi connectivity index (χ2v) is 5.39. The van der Waals surface area contributed by atoms with Gasteiger partial charge >= 0.3 is 0 Å². The monoisotopic (exact) mass is 334 g/mol. The molecule has 1 amide bonds. The van der Waals surface area contributed by atoms with Gasteiger partial charge in [-0.05, 0) is 24.3 Å². The lowest BCUT2D eigenvalue weighted by Gasteiger charge is -2.17. The lowest BCUT2D eigenvalue weighted by Crippen LogP contribution is -2.18. The minimum absolute atomic E-state index is 0.258. The van der Waals surface area contributed by atoms with Gasteiger partial charge in [0.2, 0.25) is 0 Å². The Morgan fingerprint density at radius 3 is 2.75 bits per heavy atom. The number of pyridine rings is 1. The summed E-state index contributed by atoms with van der Waals surface area (Å²) >= 11 is 3.31. The number of benzene rings is 1. The predicted molar refractivity (Wildman–Crippen MR) is 85.1 cm³/mol. The van der Waals surface area contributed by atoms with Gasteiger partial charge in [0.05, 0.1) is 23.1 Å². The van der Waals surface area contributed by atoms with Crippen molar-refractivity contribution in [1.82, 2.24) is 4.98 Å². The van der Waals surface area contributed by atoms with Crippen LogP contribution in [0.5, 0.6) is 0 Å². The maximum absolute atomic E-state index is 12.3. The van der Waals surface area contributed by atoms with Gasteiger partial charge in [0.25, 0.3) is 5.91 Å². The summed E-state index contributed by atoms with van der Waals surface area (Å²) in [7, 11) is 3.80. The molecule has 5 nitrogen and oxygen atoms in total. The molecule has 0 unspecified atom stereocenters. The third-order valence-electron chi connectivity index (χ3n) is 2.79. The highest BCUT2D eigenvalue weighted by atomic mass is 79.9. The molecule has 2 aromatic rings. The van der Waals surface area contributed by atoms with Gasteiger partial charge in [-0.25, -0.2) is 0 Å². The Morgan fingerprint density at radius 1 is 1.35 bits per heavy atom. The number of nitrogens with one attached hydrogen (secondary N) is 1. The van der Waals surface area contributed by atoms with Gasteiger partial charge < -0.3 is 16.0 Å². The van der Waals surface area contributed by atoms with E-state index < -0.39 is 0 Å². The first kappa shape index (κ1) is 14.3. The lowest BCUT2D eigenvalue weighted by atomic mass is 10.1. The molecule has 0 fully saturated rings. The number of halogens is 1. The first-order valence-corrected chi connectivity index (χ1v) is 6.76. The van der Waals surface area contributed by atoms with Crippen LogP contribution in [0.2, 0.25) is 0 Å². The number of anilines is 3. The highest BCUT2D eigenvalue weighted by Gasteiger charge is 2.13. The second kappa shape index (κ2) is 5.92. The van der Waals surface area contributed by atoms with E-state index in [9.17, 15) is 4.79 Å². The third-order valence-corrected chi connectivity index (χ3v) is 3.28. The SMILES string of the molecule is CN(C)c1ccncc1NC(=O)c1ccc(Br)cc1N. The van der Waals surface area contributed by atoms with E-state index in [1.54, 1.807) is 30.6 Å². The Balaban J connectivity index is 2.28. The van der Waals surface area contributed by atoms with Crippen LogP contribution in [0.3, 0.4) is 0 Å². The number of nitrogen functional groups attached to an aromatic ring is 1. The Morgan fingerprint density at radius 2 is 2.10 bits per heavy atom. The van der Waals surface area contributed by atoms with Crippen LogP contribution >= 0.6 is 15.9 Å². The third kappa shape index (κ3) is 3.08. The summed E-state index contributed by atoms with van der Waals surface area (Å²) in [4.78, 5) is 18.2. The standard InChI is InChI=1S/C14H15BrN4O/c1-19(2)13-5-6-17-8-12(13)18-14(20)10-4-3-9(15)7-11(10)16/h3-8H,16H2,1-2H3,(H,18,20). The van der Waals surface area contributed by atoms with Gasteiger partial charge in [0.15, 0.2) is 0 Å². The quantitative estimate of drug-likeness (QED) is 0.846. The predicted octanol–water partition coefficient (Wildman–Crippen LogP) is 2.74. The van der Waals surface area contributed by atoms with E-state index in [-0.39, 0.29) is 5.91 Å². The van der Waals surface area contributed by atoms with E-state index in [1.165, 1.54) is 0 Å². The van der Waals surface area contributed by atoms with Gasteiger partial charge in [0.1, 0.15) is 0 Å². The maximum atomic E-state index is 12.3. The number of aromatic nitrogens is 1. The molecule has 0 saturated heterocycles. The molecule has 104 valence electrons. The van der Waals surface area contributed by atoms with Gasteiger partial charge in [-0.3, -0.25) is 9.78 Å². The van der Waals surface area contributed by atoms with Crippen LogP contribution in [0.1, 0.15) is 10.4 Å². The number of hydrogen-bond donors (Lipinski definition) is 2. The summed E-state index contributed by atoms with van der Waals surface area (Å²) in [6, 6.07) is 6.99. The molecule has 6 heteroatoms. The van der Waals surface area contributed by atoms with Crippen molar-refractivity contribution in [2.75, 3.05) is 30.0 Å². The van der Waals surface area contributed by atoms with Crippen LogP contribution in [-0.4, -0.2) is 25.0 Å². The summed E-state index contributed by atoms with van der Waals surface area (Å²) < 4.78 is 0.835. The van der Waals surface area contributed by atoms with Crippen molar-refractivity contribution in [3.05, 3.63) is 46.7 Å². The topological polar surface area (TPSA) is 71.2 Å². The number of nitrogens with zero attached hydrogens (tertiary/aromatic N) is 2. The molecule has 0 aliphatic heterocycles. The van der Waals surface area contributed by atoms with Crippen molar-refractivity contribution in [2.24, 2.45) is 0 Å². The maximum Gasteiger partial charge on any atom is 0.257 e. The number of rotatable bonds is 3. The number of hydrogen-bond acceptors (Lipinski definition) is 4. The molecular formula is C14H15BrN4O. The van der Waals surface area contributed by atoms with E-state index in [2.05, 4.69) is 26.2 Å². The summed E-state index contributed by atoms with van der Waals surface area (Å²) in [5, 5.41) is 2.83. The lowest BCUT2D eigenvalue weighted by molar-refractivity contribution is 0.102. The summed E-state index contributed by atoms with van der Waals surface area (Å²) in [5.74, 6) is -0.258. The molecule has 0 aliphatic carbocycles. The Hall–Kier alpha value is -2.08. The molecule has 0 saturated carbocycles. The first-order valence-electron chi connectivity index (χ1n) is 5.96. The first-order chi connectivity index (χ1) is 9.49. The fourth-order valence-electron chi connectivity index (χ4n) is 1.80.